The van der Waals surface area contributed by atoms with Crippen LogP contribution in [0, 0.1) is 28.6 Å². The summed E-state index contributed by atoms with van der Waals surface area (Å²) in [6.07, 6.45) is 11.2. The number of carboxylic acid groups (broad SMARTS) is 1. The van der Waals surface area contributed by atoms with Crippen LogP contribution in [0.25, 0.3) is 0 Å². The monoisotopic (exact) mass is 350 g/mol. The molecule has 142 valence electrons. The van der Waals surface area contributed by atoms with Gasteiger partial charge in [-0.2, -0.15) is 0 Å². The molecule has 0 unspecified atom stereocenters. The van der Waals surface area contributed by atoms with Crippen molar-refractivity contribution in [2.75, 3.05) is 6.61 Å². The van der Waals surface area contributed by atoms with Crippen molar-refractivity contribution in [3.63, 3.8) is 0 Å². The van der Waals surface area contributed by atoms with E-state index < -0.39 is 5.97 Å². The molecule has 1 fully saturated rings. The zero-order valence-corrected chi connectivity index (χ0v) is 16.2. The SMILES string of the molecule is CC(=O)OC[C@@]12C=CCC[C@@H]1[C@@](C)(CC[C@@H](C)CC(=O)O)[C@@H](C)CC2. The average molecular weight is 350 g/mol. The summed E-state index contributed by atoms with van der Waals surface area (Å²) in [6.45, 7) is 8.73. The fourth-order valence-electron chi connectivity index (χ4n) is 5.22. The van der Waals surface area contributed by atoms with E-state index in [2.05, 4.69) is 26.0 Å². The molecule has 0 aliphatic heterocycles. The zero-order chi connectivity index (χ0) is 18.7. The first-order valence-electron chi connectivity index (χ1n) is 9.72. The van der Waals surface area contributed by atoms with E-state index in [1.165, 1.54) is 6.92 Å². The second-order valence-electron chi connectivity index (χ2n) is 8.73. The third kappa shape index (κ3) is 4.45. The van der Waals surface area contributed by atoms with Crippen molar-refractivity contribution in [1.82, 2.24) is 0 Å². The number of carbonyl (C=O) groups excluding carboxylic acids is 1. The lowest BCUT2D eigenvalue weighted by molar-refractivity contribution is -0.150. The molecule has 0 radical (unpaired) electrons. The van der Waals surface area contributed by atoms with Crippen LogP contribution >= 0.6 is 0 Å². The molecule has 0 spiro atoms. The summed E-state index contributed by atoms with van der Waals surface area (Å²) in [5.74, 6) is 0.378. The summed E-state index contributed by atoms with van der Waals surface area (Å²) < 4.78 is 5.48. The molecule has 0 aromatic rings. The number of aliphatic carboxylic acids is 1. The van der Waals surface area contributed by atoms with Crippen LogP contribution in [-0.4, -0.2) is 23.7 Å². The molecule has 2 rings (SSSR count). The van der Waals surface area contributed by atoms with Gasteiger partial charge in [0.1, 0.15) is 6.61 Å². The minimum atomic E-state index is -0.709. The van der Waals surface area contributed by atoms with E-state index in [0.717, 1.165) is 38.5 Å². The van der Waals surface area contributed by atoms with Gasteiger partial charge in [-0.1, -0.05) is 32.9 Å². The van der Waals surface area contributed by atoms with Gasteiger partial charge in [0.05, 0.1) is 0 Å². The fourth-order valence-corrected chi connectivity index (χ4v) is 5.22. The quantitative estimate of drug-likeness (QED) is 0.527. The van der Waals surface area contributed by atoms with Crippen molar-refractivity contribution in [3.05, 3.63) is 12.2 Å². The van der Waals surface area contributed by atoms with Gasteiger partial charge in [0.2, 0.25) is 0 Å². The van der Waals surface area contributed by atoms with Crippen LogP contribution in [0.5, 0.6) is 0 Å². The van der Waals surface area contributed by atoms with Crippen molar-refractivity contribution >= 4 is 11.9 Å². The van der Waals surface area contributed by atoms with Crippen LogP contribution in [-0.2, 0) is 14.3 Å². The molecule has 1 saturated carbocycles. The molecule has 2 aliphatic rings. The second kappa shape index (κ2) is 7.92. The molecule has 1 N–H and O–H groups in total. The maximum Gasteiger partial charge on any atom is 0.303 e. The number of carboxylic acids is 1. The van der Waals surface area contributed by atoms with Gasteiger partial charge in [0, 0.05) is 18.8 Å². The topological polar surface area (TPSA) is 63.6 Å². The third-order valence-corrected chi connectivity index (χ3v) is 6.97. The summed E-state index contributed by atoms with van der Waals surface area (Å²) in [5.41, 5.74) is 0.122. The molecular formula is C21H34O4. The Morgan fingerprint density at radius 1 is 1.36 bits per heavy atom. The minimum absolute atomic E-state index is 0.0405. The number of fused-ring (bicyclic) bond motifs is 1. The van der Waals surface area contributed by atoms with Crippen molar-refractivity contribution in [3.8, 4) is 0 Å². The number of rotatable bonds is 7. The molecular weight excluding hydrogens is 316 g/mol. The smallest absolute Gasteiger partial charge is 0.303 e. The normalized spacial score (nSPS) is 35.7. The van der Waals surface area contributed by atoms with Crippen LogP contribution in [0.15, 0.2) is 12.2 Å². The van der Waals surface area contributed by atoms with Gasteiger partial charge in [-0.15, -0.1) is 0 Å². The van der Waals surface area contributed by atoms with Gasteiger partial charge in [-0.05, 0) is 61.7 Å². The zero-order valence-electron chi connectivity index (χ0n) is 16.2. The van der Waals surface area contributed by atoms with Crippen LogP contribution in [0.1, 0.15) is 72.6 Å². The highest BCUT2D eigenvalue weighted by Crippen LogP contribution is 2.60. The number of allylic oxidation sites excluding steroid dienone is 1. The molecule has 2 aliphatic carbocycles. The number of hydrogen-bond donors (Lipinski definition) is 1. The summed E-state index contributed by atoms with van der Waals surface area (Å²) in [5, 5.41) is 9.03. The van der Waals surface area contributed by atoms with Gasteiger partial charge in [0.25, 0.3) is 0 Å². The minimum Gasteiger partial charge on any atom is -0.481 e. The predicted octanol–water partition coefficient (Wildman–Crippen LogP) is 4.83. The maximum atomic E-state index is 11.4. The molecule has 25 heavy (non-hydrogen) atoms. The van der Waals surface area contributed by atoms with Gasteiger partial charge in [-0.25, -0.2) is 0 Å². The van der Waals surface area contributed by atoms with Crippen molar-refractivity contribution in [2.45, 2.75) is 72.6 Å². The highest BCUT2D eigenvalue weighted by molar-refractivity contribution is 5.67. The second-order valence-corrected chi connectivity index (χ2v) is 8.73. The third-order valence-electron chi connectivity index (χ3n) is 6.97. The number of hydrogen-bond acceptors (Lipinski definition) is 3. The summed E-state index contributed by atoms with van der Waals surface area (Å²) in [4.78, 5) is 22.4. The van der Waals surface area contributed by atoms with Crippen LogP contribution < -0.4 is 0 Å². The van der Waals surface area contributed by atoms with E-state index in [1.807, 2.05) is 6.92 Å². The molecule has 0 saturated heterocycles. The van der Waals surface area contributed by atoms with E-state index in [-0.39, 0.29) is 29.1 Å². The first-order valence-corrected chi connectivity index (χ1v) is 9.72. The highest BCUT2D eigenvalue weighted by atomic mass is 16.5. The average Bonchev–Trinajstić information content (AvgIpc) is 2.55. The van der Waals surface area contributed by atoms with Crippen LogP contribution in [0.2, 0.25) is 0 Å². The lowest BCUT2D eigenvalue weighted by atomic mass is 9.48. The Balaban J connectivity index is 2.18. The van der Waals surface area contributed by atoms with Gasteiger partial charge in [-0.3, -0.25) is 9.59 Å². The largest absolute Gasteiger partial charge is 0.481 e. The molecule has 0 bridgehead atoms. The first-order chi connectivity index (χ1) is 11.7. The number of esters is 1. The molecule has 0 aromatic heterocycles. The van der Waals surface area contributed by atoms with E-state index in [0.29, 0.717) is 18.4 Å². The molecule has 5 atom stereocenters. The molecule has 4 heteroatoms. The summed E-state index contributed by atoms with van der Waals surface area (Å²) >= 11 is 0. The summed E-state index contributed by atoms with van der Waals surface area (Å²) in [7, 11) is 0. The fraction of sp³-hybridized carbons (Fsp3) is 0.810. The van der Waals surface area contributed by atoms with Crippen LogP contribution in [0.3, 0.4) is 0 Å². The first kappa shape index (κ1) is 20.0. The Morgan fingerprint density at radius 3 is 2.72 bits per heavy atom. The van der Waals surface area contributed by atoms with Crippen molar-refractivity contribution in [2.24, 2.45) is 28.6 Å². The van der Waals surface area contributed by atoms with E-state index in [9.17, 15) is 9.59 Å². The van der Waals surface area contributed by atoms with E-state index in [1.54, 1.807) is 0 Å². The van der Waals surface area contributed by atoms with E-state index in [4.69, 9.17) is 9.84 Å². The Hall–Kier alpha value is -1.32. The van der Waals surface area contributed by atoms with Gasteiger partial charge < -0.3 is 9.84 Å². The highest BCUT2D eigenvalue weighted by Gasteiger charge is 2.53. The Morgan fingerprint density at radius 2 is 2.08 bits per heavy atom. The Kier molecular flexibility index (Phi) is 6.34. The lowest BCUT2D eigenvalue weighted by Crippen LogP contribution is -2.51. The predicted molar refractivity (Wildman–Crippen MR) is 98.1 cm³/mol. The van der Waals surface area contributed by atoms with Crippen molar-refractivity contribution < 1.29 is 19.4 Å². The number of ether oxygens (including phenoxy) is 1. The van der Waals surface area contributed by atoms with Crippen LogP contribution in [0.4, 0.5) is 0 Å². The van der Waals surface area contributed by atoms with Gasteiger partial charge in [0.15, 0.2) is 0 Å². The summed E-state index contributed by atoms with van der Waals surface area (Å²) in [6, 6.07) is 0. The Labute approximate surface area is 152 Å². The molecule has 4 nitrogen and oxygen atoms in total. The Bertz CT molecular complexity index is 526. The standard InChI is InChI=1S/C21H34O4/c1-15(13-19(23)24)8-11-20(4)16(2)9-12-21(14-25-17(3)22)10-6-5-7-18(20)21/h6,10,15-16,18H,5,7-9,11-14H2,1-4H3,(H,23,24)/t15-,16+,18-,20+,21+/m1/s1. The maximum absolute atomic E-state index is 11.4. The van der Waals surface area contributed by atoms with Crippen molar-refractivity contribution in [1.29, 1.82) is 0 Å². The molecule has 0 amide bonds. The van der Waals surface area contributed by atoms with Gasteiger partial charge >= 0.3 is 11.9 Å². The molecule has 0 aromatic carbocycles. The van der Waals surface area contributed by atoms with E-state index >= 15 is 0 Å². The molecule has 0 heterocycles. The lowest BCUT2D eigenvalue weighted by Gasteiger charge is -2.57. The number of carbonyl (C=O) groups is 2.